The third-order valence-electron chi connectivity index (χ3n) is 11.7. The van der Waals surface area contributed by atoms with Gasteiger partial charge in [0.15, 0.2) is 11.4 Å². The molecule has 3 aromatic carbocycles. The van der Waals surface area contributed by atoms with Crippen LogP contribution < -0.4 is 20.7 Å². The largest absolute Gasteiger partial charge is 0.471 e. The second-order valence-corrected chi connectivity index (χ2v) is 16.2. The number of amides is 1. The summed E-state index contributed by atoms with van der Waals surface area (Å²) in [6.45, 7) is 8.54. The van der Waals surface area contributed by atoms with E-state index in [9.17, 15) is 4.79 Å². The molecule has 2 aliphatic rings. The van der Waals surface area contributed by atoms with Crippen LogP contribution in [0.3, 0.4) is 0 Å². The number of aromatic nitrogens is 7. The fraction of sp³-hybridized carbons (Fsp3) is 0.271. The number of hydrogen-bond donors (Lipinski definition) is 3. The molecule has 0 fully saturated rings. The molecule has 0 saturated heterocycles. The van der Waals surface area contributed by atoms with E-state index < -0.39 is 5.41 Å². The standard InChI is InChI=1S/C48H51N11O2/c1-47(2)36-17-11-14-20-39(36)59(40(47)21-9-7-6-8-10-22-41-48(3,28-42(60)50-4)37-18-12-13-19-38(37)57(41)5)27-15-16-35-30-58(56-55-35)29-33-23-25-34(26-24-33)31-61-45-43-44(52-32-51-43)53-46(49)54-45/h6-14,17-26,30,32H,15-16,27-29,31H2,1-5H3,(H3-,49,50,51,52,53,54,55,56,60)/p+1. The molecule has 310 valence electrons. The first kappa shape index (κ1) is 40.6. The Balaban J connectivity index is 0.888. The van der Waals surface area contributed by atoms with Gasteiger partial charge in [-0.3, -0.25) is 4.79 Å². The average molecular weight is 815 g/mol. The molecule has 0 saturated carbocycles. The highest BCUT2D eigenvalue weighted by Crippen LogP contribution is 2.49. The quantitative estimate of drug-likeness (QED) is 0.0718. The minimum Gasteiger partial charge on any atom is -0.471 e. The Morgan fingerprint density at radius 3 is 2.49 bits per heavy atom. The molecule has 8 rings (SSSR count). The first-order valence-electron chi connectivity index (χ1n) is 20.6. The van der Waals surface area contributed by atoms with Gasteiger partial charge in [-0.15, -0.1) is 5.10 Å². The highest BCUT2D eigenvalue weighted by molar-refractivity contribution is 6.03. The number of likely N-dealkylation sites (N-methyl/N-ethyl adjacent to an activating group) is 1. The summed E-state index contributed by atoms with van der Waals surface area (Å²) in [5.74, 6) is 0.510. The molecule has 2 aliphatic heterocycles. The molecule has 5 heterocycles. The maximum atomic E-state index is 12.6. The summed E-state index contributed by atoms with van der Waals surface area (Å²) in [6.07, 6.45) is 20.4. The number of nitrogens with two attached hydrogens (primary N) is 1. The van der Waals surface area contributed by atoms with Gasteiger partial charge in [0.25, 0.3) is 0 Å². The van der Waals surface area contributed by atoms with E-state index in [1.165, 1.54) is 22.5 Å². The highest BCUT2D eigenvalue weighted by Gasteiger charge is 2.44. The van der Waals surface area contributed by atoms with Crippen LogP contribution in [0.1, 0.15) is 61.6 Å². The van der Waals surface area contributed by atoms with Crippen LogP contribution in [0.25, 0.3) is 11.2 Å². The fourth-order valence-electron chi connectivity index (χ4n) is 8.58. The first-order valence-corrected chi connectivity index (χ1v) is 20.6. The number of aromatic amines is 1. The second kappa shape index (κ2) is 17.2. The molecular weight excluding hydrogens is 763 g/mol. The molecule has 3 aromatic heterocycles. The molecule has 0 bridgehead atoms. The van der Waals surface area contributed by atoms with Crippen LogP contribution in [0.2, 0.25) is 0 Å². The lowest BCUT2D eigenvalue weighted by Crippen LogP contribution is -2.33. The topological polar surface area (TPSA) is 156 Å². The van der Waals surface area contributed by atoms with Crippen LogP contribution in [0.4, 0.5) is 17.3 Å². The van der Waals surface area contributed by atoms with Gasteiger partial charge in [-0.25, -0.2) is 9.67 Å². The normalized spacial score (nSPS) is 17.7. The van der Waals surface area contributed by atoms with Crippen LogP contribution in [-0.4, -0.2) is 71.8 Å². The number of ether oxygens (including phenoxy) is 1. The second-order valence-electron chi connectivity index (χ2n) is 16.2. The maximum absolute atomic E-state index is 12.6. The molecular formula is C48H52N11O2+. The summed E-state index contributed by atoms with van der Waals surface area (Å²) >= 11 is 0. The molecule has 1 atom stereocenters. The number of fused-ring (bicyclic) bond motifs is 3. The molecule has 1 unspecified atom stereocenters. The van der Waals surface area contributed by atoms with Gasteiger partial charge in [-0.05, 0) is 56.0 Å². The third kappa shape index (κ3) is 8.36. The fourth-order valence-corrected chi connectivity index (χ4v) is 8.58. The number of carbonyl (C=O) groups excluding carboxylic acids is 1. The van der Waals surface area contributed by atoms with E-state index in [2.05, 4.69) is 158 Å². The number of nitrogen functional groups attached to an aromatic ring is 1. The smallest absolute Gasteiger partial charge is 0.245 e. The summed E-state index contributed by atoms with van der Waals surface area (Å²) in [5, 5.41) is 11.8. The zero-order chi connectivity index (χ0) is 42.6. The lowest BCUT2D eigenvalue weighted by Gasteiger charge is -2.27. The molecule has 6 aromatic rings. The Labute approximate surface area is 356 Å². The first-order chi connectivity index (χ1) is 29.5. The Morgan fingerprint density at radius 2 is 1.67 bits per heavy atom. The van der Waals surface area contributed by atoms with Gasteiger partial charge in [-0.2, -0.15) is 14.5 Å². The number of benzene rings is 3. The van der Waals surface area contributed by atoms with Crippen molar-refractivity contribution in [1.29, 1.82) is 0 Å². The van der Waals surface area contributed by atoms with Crippen molar-refractivity contribution in [2.45, 2.75) is 64.0 Å². The third-order valence-corrected chi connectivity index (χ3v) is 11.7. The number of H-pyrrole nitrogens is 1. The van der Waals surface area contributed by atoms with Crippen molar-refractivity contribution in [3.8, 4) is 5.88 Å². The molecule has 4 N–H and O–H groups in total. The summed E-state index contributed by atoms with van der Waals surface area (Å²) in [4.78, 5) is 30.2. The lowest BCUT2D eigenvalue weighted by molar-refractivity contribution is -0.438. The maximum Gasteiger partial charge on any atom is 0.245 e. The Kier molecular flexibility index (Phi) is 11.5. The number of nitrogens with zero attached hydrogens (tertiary/aromatic N) is 8. The predicted octanol–water partition coefficient (Wildman–Crippen LogP) is 7.26. The number of allylic oxidation sites excluding steroid dienone is 8. The summed E-state index contributed by atoms with van der Waals surface area (Å²) in [6, 6.07) is 25.2. The number of hydrogen-bond acceptors (Lipinski definition) is 9. The van der Waals surface area contributed by atoms with Gasteiger partial charge < -0.3 is 25.7 Å². The minimum atomic E-state index is -0.421. The Hall–Kier alpha value is -7.15. The van der Waals surface area contributed by atoms with Gasteiger partial charge in [0.05, 0.1) is 24.0 Å². The van der Waals surface area contributed by atoms with E-state index in [0.717, 1.165) is 47.6 Å². The zero-order valence-corrected chi connectivity index (χ0v) is 35.3. The van der Waals surface area contributed by atoms with Crippen molar-refractivity contribution in [1.82, 2.24) is 40.2 Å². The molecule has 13 heteroatoms. The number of carbonyl (C=O) groups is 1. The van der Waals surface area contributed by atoms with Gasteiger partial charge in [0.1, 0.15) is 18.7 Å². The van der Waals surface area contributed by atoms with Gasteiger partial charge in [-0.1, -0.05) is 96.3 Å². The molecule has 0 aliphatic carbocycles. The van der Waals surface area contributed by atoms with Crippen LogP contribution in [-0.2, 0) is 35.2 Å². The van der Waals surface area contributed by atoms with Crippen molar-refractivity contribution in [2.75, 3.05) is 31.3 Å². The van der Waals surface area contributed by atoms with E-state index in [0.29, 0.717) is 36.6 Å². The van der Waals surface area contributed by atoms with Crippen LogP contribution in [0.5, 0.6) is 5.88 Å². The molecule has 13 nitrogen and oxygen atoms in total. The zero-order valence-electron chi connectivity index (χ0n) is 35.3. The van der Waals surface area contributed by atoms with Crippen LogP contribution in [0, 0.1) is 0 Å². The summed E-state index contributed by atoms with van der Waals surface area (Å²) in [7, 11) is 3.76. The van der Waals surface area contributed by atoms with Gasteiger partial charge >= 0.3 is 0 Å². The van der Waals surface area contributed by atoms with E-state index in [-0.39, 0.29) is 17.3 Å². The van der Waals surface area contributed by atoms with Gasteiger partial charge in [0, 0.05) is 67.6 Å². The molecule has 1 amide bonds. The number of nitrogens with one attached hydrogen (secondary N) is 2. The van der Waals surface area contributed by atoms with Crippen molar-refractivity contribution < 1.29 is 14.1 Å². The van der Waals surface area contributed by atoms with E-state index in [4.69, 9.17) is 10.5 Å². The van der Waals surface area contributed by atoms with E-state index in [1.54, 1.807) is 13.4 Å². The van der Waals surface area contributed by atoms with Crippen LogP contribution >= 0.6 is 0 Å². The number of anilines is 2. The van der Waals surface area contributed by atoms with Crippen molar-refractivity contribution >= 4 is 40.1 Å². The highest BCUT2D eigenvalue weighted by atomic mass is 16.5. The predicted molar refractivity (Wildman–Crippen MR) is 240 cm³/mol. The van der Waals surface area contributed by atoms with Gasteiger partial charge in [0.2, 0.25) is 23.4 Å². The van der Waals surface area contributed by atoms with Crippen molar-refractivity contribution in [3.63, 3.8) is 0 Å². The van der Waals surface area contributed by atoms with E-state index >= 15 is 0 Å². The number of aryl methyl sites for hydroxylation is 1. The minimum absolute atomic E-state index is 0.0198. The molecule has 61 heavy (non-hydrogen) atoms. The van der Waals surface area contributed by atoms with E-state index in [1.807, 2.05) is 41.2 Å². The molecule has 0 radical (unpaired) electrons. The number of imidazole rings is 1. The SMILES string of the molecule is CNC(=O)CC1(C)\C(=C/C=C/C=C/C=C/C2=[N+](CCCc3cn(Cc4ccc(COc5nc(N)nc6nc[nH]c56)cc4)nn3)c3ccccc3C2(C)C)N(C)c2ccccc21. The Bertz CT molecular complexity index is 2720. The van der Waals surface area contributed by atoms with Crippen LogP contribution in [0.15, 0.2) is 134 Å². The van der Waals surface area contributed by atoms with Crippen molar-refractivity contribution in [2.24, 2.45) is 0 Å². The van der Waals surface area contributed by atoms with Crippen molar-refractivity contribution in [3.05, 3.63) is 161 Å². The Morgan fingerprint density at radius 1 is 0.934 bits per heavy atom. The monoisotopic (exact) mass is 814 g/mol. The molecule has 0 spiro atoms. The number of para-hydroxylation sites is 2. The average Bonchev–Trinajstić information content (AvgIpc) is 4.01. The summed E-state index contributed by atoms with van der Waals surface area (Å²) in [5.41, 5.74) is 16.6. The lowest BCUT2D eigenvalue weighted by atomic mass is 9.78. The number of rotatable bonds is 15. The summed E-state index contributed by atoms with van der Waals surface area (Å²) < 4.78 is 10.3.